The van der Waals surface area contributed by atoms with Gasteiger partial charge in [0.15, 0.2) is 5.78 Å². The van der Waals surface area contributed by atoms with Gasteiger partial charge in [0.25, 0.3) is 0 Å². The van der Waals surface area contributed by atoms with Gasteiger partial charge in [-0.1, -0.05) is 12.1 Å². The van der Waals surface area contributed by atoms with Gasteiger partial charge in [-0.3, -0.25) is 4.79 Å². The lowest BCUT2D eigenvalue weighted by Gasteiger charge is -2.06. The van der Waals surface area contributed by atoms with Crippen molar-refractivity contribution in [1.29, 1.82) is 5.26 Å². The average Bonchev–Trinajstić information content (AvgIpc) is 2.59. The number of benzene rings is 2. The van der Waals surface area contributed by atoms with Crippen LogP contribution in [-0.2, 0) is 0 Å². The number of ketones is 1. The smallest absolute Gasteiger partial charge is 0.185 e. The second-order valence-corrected chi connectivity index (χ2v) is 5.35. The van der Waals surface area contributed by atoms with Crippen LogP contribution in [0.4, 0.5) is 0 Å². The first-order chi connectivity index (χ1) is 10.7. The van der Waals surface area contributed by atoms with Crippen LogP contribution in [-0.4, -0.2) is 19.1 Å². The van der Waals surface area contributed by atoms with Gasteiger partial charge in [0.2, 0.25) is 0 Å². The van der Waals surface area contributed by atoms with Crippen LogP contribution < -0.4 is 4.74 Å². The Labute approximate surface area is 134 Å². The monoisotopic (exact) mass is 309 g/mol. The third-order valence-corrected chi connectivity index (χ3v) is 3.91. The van der Waals surface area contributed by atoms with E-state index in [-0.39, 0.29) is 5.78 Å². The van der Waals surface area contributed by atoms with E-state index in [1.165, 1.54) is 6.08 Å². The number of hydrogen-bond acceptors (Lipinski definition) is 4. The lowest BCUT2D eigenvalue weighted by atomic mass is 10.1. The minimum Gasteiger partial charge on any atom is -0.496 e. The Morgan fingerprint density at radius 1 is 1.23 bits per heavy atom. The molecule has 0 aromatic heterocycles. The summed E-state index contributed by atoms with van der Waals surface area (Å²) in [6.45, 7) is 0. The minimum atomic E-state index is -0.0996. The van der Waals surface area contributed by atoms with Crippen molar-refractivity contribution < 1.29 is 9.53 Å². The highest BCUT2D eigenvalue weighted by atomic mass is 32.2. The highest BCUT2D eigenvalue weighted by molar-refractivity contribution is 7.98. The maximum atomic E-state index is 12.1. The van der Waals surface area contributed by atoms with Crippen LogP contribution >= 0.6 is 11.8 Å². The van der Waals surface area contributed by atoms with Crippen LogP contribution in [0, 0.1) is 11.3 Å². The number of ether oxygens (including phenoxy) is 1. The molecule has 110 valence electrons. The highest BCUT2D eigenvalue weighted by Gasteiger charge is 2.04. The Morgan fingerprint density at radius 3 is 2.55 bits per heavy atom. The van der Waals surface area contributed by atoms with E-state index in [0.29, 0.717) is 11.1 Å². The van der Waals surface area contributed by atoms with Gasteiger partial charge in [-0.15, -0.1) is 11.8 Å². The molecule has 3 nitrogen and oxygen atoms in total. The normalized spacial score (nSPS) is 10.4. The molecule has 4 heteroatoms. The zero-order valence-electron chi connectivity index (χ0n) is 12.4. The van der Waals surface area contributed by atoms with E-state index < -0.39 is 0 Å². The lowest BCUT2D eigenvalue weighted by molar-refractivity contribution is 0.104. The van der Waals surface area contributed by atoms with Gasteiger partial charge in [0.05, 0.1) is 18.7 Å². The summed E-state index contributed by atoms with van der Waals surface area (Å²) in [5, 5.41) is 8.75. The molecule has 0 spiro atoms. The summed E-state index contributed by atoms with van der Waals surface area (Å²) in [5.74, 6) is 0.692. The third-order valence-electron chi connectivity index (χ3n) is 3.13. The number of carbonyl (C=O) groups excluding carboxylic acids is 1. The van der Waals surface area contributed by atoms with Gasteiger partial charge in [0, 0.05) is 10.5 Å². The van der Waals surface area contributed by atoms with E-state index in [0.717, 1.165) is 16.2 Å². The largest absolute Gasteiger partial charge is 0.496 e. The first kappa shape index (κ1) is 15.9. The fourth-order valence-corrected chi connectivity index (χ4v) is 2.48. The summed E-state index contributed by atoms with van der Waals surface area (Å²) in [7, 11) is 1.63. The summed E-state index contributed by atoms with van der Waals surface area (Å²) < 4.78 is 5.32. The summed E-state index contributed by atoms with van der Waals surface area (Å²) >= 11 is 1.61. The van der Waals surface area contributed by atoms with Crippen LogP contribution in [0.25, 0.3) is 6.08 Å². The quantitative estimate of drug-likeness (QED) is 0.472. The Bertz CT molecular complexity index is 743. The molecule has 0 N–H and O–H groups in total. The van der Waals surface area contributed by atoms with E-state index in [1.54, 1.807) is 49.2 Å². The molecule has 0 saturated carbocycles. The SMILES string of the molecule is COc1cc(/C=C/C(=O)c2ccc(C#N)cc2)ccc1SC. The molecular weight excluding hydrogens is 294 g/mol. The predicted octanol–water partition coefficient (Wildman–Crippen LogP) is 4.18. The van der Waals surface area contributed by atoms with E-state index in [4.69, 9.17) is 10.00 Å². The third kappa shape index (κ3) is 3.78. The first-order valence-corrected chi connectivity index (χ1v) is 7.85. The Morgan fingerprint density at radius 2 is 1.95 bits per heavy atom. The maximum absolute atomic E-state index is 12.1. The fraction of sp³-hybridized carbons (Fsp3) is 0.111. The van der Waals surface area contributed by atoms with Gasteiger partial charge < -0.3 is 4.74 Å². The van der Waals surface area contributed by atoms with Crippen LogP contribution in [0.3, 0.4) is 0 Å². The van der Waals surface area contributed by atoms with Crippen molar-refractivity contribution in [2.75, 3.05) is 13.4 Å². The fourth-order valence-electron chi connectivity index (χ4n) is 1.93. The molecule has 0 aliphatic carbocycles. The molecule has 0 unspecified atom stereocenters. The molecule has 0 saturated heterocycles. The Balaban J connectivity index is 2.17. The number of methoxy groups -OCH3 is 1. The number of carbonyl (C=O) groups is 1. The molecule has 2 aromatic carbocycles. The number of nitriles is 1. The van der Waals surface area contributed by atoms with E-state index >= 15 is 0 Å². The van der Waals surface area contributed by atoms with Gasteiger partial charge >= 0.3 is 0 Å². The van der Waals surface area contributed by atoms with E-state index in [9.17, 15) is 4.79 Å². The molecule has 0 radical (unpaired) electrons. The van der Waals surface area contributed by atoms with Crippen molar-refractivity contribution in [1.82, 2.24) is 0 Å². The molecule has 0 heterocycles. The summed E-state index contributed by atoms with van der Waals surface area (Å²) in [6.07, 6.45) is 5.27. The van der Waals surface area contributed by atoms with E-state index in [1.807, 2.05) is 30.5 Å². The molecule has 22 heavy (non-hydrogen) atoms. The molecule has 2 aromatic rings. The predicted molar refractivity (Wildman–Crippen MR) is 89.3 cm³/mol. The van der Waals surface area contributed by atoms with Crippen LogP contribution in [0.1, 0.15) is 21.5 Å². The minimum absolute atomic E-state index is 0.0996. The van der Waals surface area contributed by atoms with Gasteiger partial charge in [-0.25, -0.2) is 0 Å². The topological polar surface area (TPSA) is 50.1 Å². The average molecular weight is 309 g/mol. The van der Waals surface area contributed by atoms with Crippen molar-refractivity contribution in [3.05, 3.63) is 65.2 Å². The van der Waals surface area contributed by atoms with Crippen molar-refractivity contribution in [2.45, 2.75) is 4.90 Å². The Hall–Kier alpha value is -2.51. The van der Waals surface area contributed by atoms with Crippen molar-refractivity contribution in [3.63, 3.8) is 0 Å². The van der Waals surface area contributed by atoms with Crippen LogP contribution in [0.2, 0.25) is 0 Å². The van der Waals surface area contributed by atoms with Gasteiger partial charge in [0.1, 0.15) is 5.75 Å². The number of rotatable bonds is 5. The Kier molecular flexibility index (Phi) is 5.40. The number of allylic oxidation sites excluding steroid dienone is 1. The van der Waals surface area contributed by atoms with Crippen molar-refractivity contribution in [2.24, 2.45) is 0 Å². The second kappa shape index (κ2) is 7.48. The molecule has 0 fully saturated rings. The summed E-state index contributed by atoms with van der Waals surface area (Å²) in [4.78, 5) is 13.1. The zero-order valence-corrected chi connectivity index (χ0v) is 13.2. The number of nitrogens with zero attached hydrogens (tertiary/aromatic N) is 1. The van der Waals surface area contributed by atoms with Gasteiger partial charge in [-0.2, -0.15) is 5.26 Å². The van der Waals surface area contributed by atoms with E-state index in [2.05, 4.69) is 0 Å². The molecule has 2 rings (SSSR count). The summed E-state index contributed by atoms with van der Waals surface area (Å²) in [5.41, 5.74) is 2.00. The first-order valence-electron chi connectivity index (χ1n) is 6.62. The van der Waals surface area contributed by atoms with Crippen molar-refractivity contribution >= 4 is 23.6 Å². The van der Waals surface area contributed by atoms with Crippen molar-refractivity contribution in [3.8, 4) is 11.8 Å². The highest BCUT2D eigenvalue weighted by Crippen LogP contribution is 2.28. The lowest BCUT2D eigenvalue weighted by Crippen LogP contribution is -1.94. The van der Waals surface area contributed by atoms with Gasteiger partial charge in [-0.05, 0) is 54.3 Å². The van der Waals surface area contributed by atoms with Crippen LogP contribution in [0.5, 0.6) is 5.75 Å². The maximum Gasteiger partial charge on any atom is 0.185 e. The number of thioether (sulfide) groups is 1. The van der Waals surface area contributed by atoms with Crippen LogP contribution in [0.15, 0.2) is 53.4 Å². The molecule has 0 bridgehead atoms. The second-order valence-electron chi connectivity index (χ2n) is 4.50. The summed E-state index contributed by atoms with van der Waals surface area (Å²) in [6, 6.07) is 14.4. The molecular formula is C18H15NO2S. The molecule has 0 atom stereocenters. The molecule has 0 amide bonds. The molecule has 0 aliphatic heterocycles. The number of hydrogen-bond donors (Lipinski definition) is 0. The standard InChI is InChI=1S/C18H15NO2S/c1-21-17-11-13(6-10-18(17)22-2)5-9-16(20)15-7-3-14(12-19)4-8-15/h3-11H,1-2H3/b9-5+. The zero-order chi connectivity index (χ0) is 15.9. The molecule has 0 aliphatic rings.